The zero-order valence-electron chi connectivity index (χ0n) is 16.1. The lowest BCUT2D eigenvalue weighted by molar-refractivity contribution is 0.378. The van der Waals surface area contributed by atoms with Crippen LogP contribution in [-0.2, 0) is 13.1 Å². The van der Waals surface area contributed by atoms with Gasteiger partial charge in [-0.25, -0.2) is 0 Å². The van der Waals surface area contributed by atoms with E-state index in [9.17, 15) is 0 Å². The van der Waals surface area contributed by atoms with Crippen LogP contribution in [0.4, 0.5) is 5.69 Å². The first-order chi connectivity index (χ1) is 13.7. The van der Waals surface area contributed by atoms with Gasteiger partial charge >= 0.3 is 0 Å². The molecule has 0 fully saturated rings. The molecular weight excluding hydrogens is 368 g/mol. The molecular formula is C23H24N2O2S. The molecule has 0 saturated carbocycles. The molecule has 4 nitrogen and oxygen atoms in total. The highest BCUT2D eigenvalue weighted by atomic mass is 32.1. The third-order valence-electron chi connectivity index (χ3n) is 4.38. The van der Waals surface area contributed by atoms with Crippen LogP contribution in [0.15, 0.2) is 78.9 Å². The van der Waals surface area contributed by atoms with Gasteiger partial charge in [0.25, 0.3) is 0 Å². The van der Waals surface area contributed by atoms with E-state index in [1.165, 1.54) is 5.56 Å². The molecule has 5 heteroatoms. The standard InChI is InChI=1S/C23H24N2O2S/c1-26-21-13-8-12-20(15-21)24-23(28)25(16-18-9-4-3-5-10-18)17-19-11-6-7-14-22(19)27-2/h3-15H,16-17H2,1-2H3,(H,24,28). The number of thiocarbonyl (C=S) groups is 1. The average molecular weight is 393 g/mol. The van der Waals surface area contributed by atoms with E-state index in [1.807, 2.05) is 60.7 Å². The number of para-hydroxylation sites is 1. The molecule has 0 aliphatic heterocycles. The summed E-state index contributed by atoms with van der Waals surface area (Å²) in [6.45, 7) is 1.32. The van der Waals surface area contributed by atoms with Crippen molar-refractivity contribution in [2.45, 2.75) is 13.1 Å². The van der Waals surface area contributed by atoms with Gasteiger partial charge in [-0.05, 0) is 36.0 Å². The Bertz CT molecular complexity index is 915. The molecule has 0 bridgehead atoms. The molecule has 28 heavy (non-hydrogen) atoms. The van der Waals surface area contributed by atoms with Gasteiger partial charge in [0, 0.05) is 30.4 Å². The maximum absolute atomic E-state index is 5.75. The first kappa shape index (κ1) is 19.7. The number of hydrogen-bond donors (Lipinski definition) is 1. The van der Waals surface area contributed by atoms with Crippen LogP contribution in [0.1, 0.15) is 11.1 Å². The first-order valence-electron chi connectivity index (χ1n) is 9.05. The third kappa shape index (κ3) is 5.24. The van der Waals surface area contributed by atoms with Crippen LogP contribution in [0.2, 0.25) is 0 Å². The Kier molecular flexibility index (Phi) is 6.87. The van der Waals surface area contributed by atoms with Crippen LogP contribution in [0.5, 0.6) is 11.5 Å². The van der Waals surface area contributed by atoms with Crippen LogP contribution in [-0.4, -0.2) is 24.2 Å². The van der Waals surface area contributed by atoms with E-state index >= 15 is 0 Å². The minimum absolute atomic E-state index is 0.634. The van der Waals surface area contributed by atoms with Crippen molar-refractivity contribution in [2.75, 3.05) is 19.5 Å². The van der Waals surface area contributed by atoms with Gasteiger partial charge < -0.3 is 19.7 Å². The maximum Gasteiger partial charge on any atom is 0.174 e. The van der Waals surface area contributed by atoms with Crippen LogP contribution in [0.25, 0.3) is 0 Å². The second-order valence-electron chi connectivity index (χ2n) is 6.32. The highest BCUT2D eigenvalue weighted by molar-refractivity contribution is 7.80. The molecule has 0 heterocycles. The molecule has 144 valence electrons. The molecule has 0 spiro atoms. The average Bonchev–Trinajstić information content (AvgIpc) is 2.74. The van der Waals surface area contributed by atoms with Crippen molar-refractivity contribution in [3.63, 3.8) is 0 Å². The molecule has 0 aliphatic carbocycles. The third-order valence-corrected chi connectivity index (χ3v) is 4.74. The molecule has 3 rings (SSSR count). The van der Waals surface area contributed by atoms with Gasteiger partial charge in [-0.15, -0.1) is 0 Å². The van der Waals surface area contributed by atoms with Crippen molar-refractivity contribution in [1.29, 1.82) is 0 Å². The maximum atomic E-state index is 5.75. The lowest BCUT2D eigenvalue weighted by atomic mass is 10.1. The lowest BCUT2D eigenvalue weighted by Gasteiger charge is -2.27. The summed E-state index contributed by atoms with van der Waals surface area (Å²) in [4.78, 5) is 2.13. The second kappa shape index (κ2) is 9.76. The van der Waals surface area contributed by atoms with E-state index in [0.717, 1.165) is 22.7 Å². The largest absolute Gasteiger partial charge is 0.497 e. The predicted molar refractivity (Wildman–Crippen MR) is 118 cm³/mol. The molecule has 0 saturated heterocycles. The van der Waals surface area contributed by atoms with Crippen molar-refractivity contribution in [2.24, 2.45) is 0 Å². The summed E-state index contributed by atoms with van der Waals surface area (Å²) in [5.74, 6) is 1.64. The molecule has 0 amide bonds. The number of benzene rings is 3. The summed E-state index contributed by atoms with van der Waals surface area (Å²) >= 11 is 5.75. The van der Waals surface area contributed by atoms with Gasteiger partial charge in [0.2, 0.25) is 0 Å². The highest BCUT2D eigenvalue weighted by Crippen LogP contribution is 2.22. The Morgan fingerprint density at radius 2 is 1.61 bits per heavy atom. The molecule has 0 aliphatic rings. The zero-order valence-corrected chi connectivity index (χ0v) is 16.9. The Morgan fingerprint density at radius 3 is 2.36 bits per heavy atom. The fraction of sp³-hybridized carbons (Fsp3) is 0.174. The normalized spacial score (nSPS) is 10.2. The molecule has 3 aromatic carbocycles. The number of nitrogens with one attached hydrogen (secondary N) is 1. The van der Waals surface area contributed by atoms with Crippen LogP contribution >= 0.6 is 12.2 Å². The second-order valence-corrected chi connectivity index (χ2v) is 6.70. The van der Waals surface area contributed by atoms with Gasteiger partial charge in [0.1, 0.15) is 11.5 Å². The van der Waals surface area contributed by atoms with E-state index in [-0.39, 0.29) is 0 Å². The monoisotopic (exact) mass is 392 g/mol. The van der Waals surface area contributed by atoms with Crippen molar-refractivity contribution >= 4 is 23.0 Å². The summed E-state index contributed by atoms with van der Waals surface area (Å²) in [5.41, 5.74) is 3.16. The summed E-state index contributed by atoms with van der Waals surface area (Å²) in [6.07, 6.45) is 0. The number of rotatable bonds is 7. The Labute approximate surface area is 171 Å². The van der Waals surface area contributed by atoms with E-state index in [4.69, 9.17) is 21.7 Å². The van der Waals surface area contributed by atoms with Crippen molar-refractivity contribution in [1.82, 2.24) is 4.90 Å². The summed E-state index contributed by atoms with van der Waals surface area (Å²) in [7, 11) is 3.34. The summed E-state index contributed by atoms with van der Waals surface area (Å²) < 4.78 is 10.8. The quantitative estimate of drug-likeness (QED) is 0.566. The van der Waals surface area contributed by atoms with E-state index < -0.39 is 0 Å². The van der Waals surface area contributed by atoms with Gasteiger partial charge in [-0.1, -0.05) is 54.6 Å². The van der Waals surface area contributed by atoms with E-state index in [0.29, 0.717) is 18.2 Å². The summed E-state index contributed by atoms with van der Waals surface area (Å²) in [5, 5.41) is 3.97. The molecule has 0 unspecified atom stereocenters. The molecule has 0 aromatic heterocycles. The van der Waals surface area contributed by atoms with Gasteiger partial charge in [-0.3, -0.25) is 0 Å². The molecule has 1 N–H and O–H groups in total. The Hall–Kier alpha value is -3.05. The number of nitrogens with zero attached hydrogens (tertiary/aromatic N) is 1. The number of anilines is 1. The van der Waals surface area contributed by atoms with Crippen LogP contribution < -0.4 is 14.8 Å². The molecule has 3 aromatic rings. The Morgan fingerprint density at radius 1 is 0.857 bits per heavy atom. The van der Waals surface area contributed by atoms with Gasteiger partial charge in [0.05, 0.1) is 14.2 Å². The number of ether oxygens (including phenoxy) is 2. The van der Waals surface area contributed by atoms with Crippen LogP contribution in [0, 0.1) is 0 Å². The topological polar surface area (TPSA) is 33.7 Å². The highest BCUT2D eigenvalue weighted by Gasteiger charge is 2.14. The zero-order chi connectivity index (χ0) is 19.8. The van der Waals surface area contributed by atoms with E-state index in [1.54, 1.807) is 14.2 Å². The number of methoxy groups -OCH3 is 2. The SMILES string of the molecule is COc1cccc(NC(=S)N(Cc2ccccc2)Cc2ccccc2OC)c1. The molecule has 0 atom stereocenters. The minimum Gasteiger partial charge on any atom is -0.497 e. The fourth-order valence-electron chi connectivity index (χ4n) is 2.95. The van der Waals surface area contributed by atoms with Crippen molar-refractivity contribution in [3.05, 3.63) is 90.0 Å². The van der Waals surface area contributed by atoms with E-state index in [2.05, 4.69) is 28.4 Å². The minimum atomic E-state index is 0.634. The Balaban J connectivity index is 1.83. The van der Waals surface area contributed by atoms with Gasteiger partial charge in [0.15, 0.2) is 5.11 Å². The predicted octanol–water partition coefficient (Wildman–Crippen LogP) is 5.10. The molecule has 0 radical (unpaired) electrons. The fourth-order valence-corrected chi connectivity index (χ4v) is 3.19. The lowest BCUT2D eigenvalue weighted by Crippen LogP contribution is -2.34. The van der Waals surface area contributed by atoms with Crippen molar-refractivity contribution in [3.8, 4) is 11.5 Å². The van der Waals surface area contributed by atoms with Gasteiger partial charge in [-0.2, -0.15) is 0 Å². The number of hydrogen-bond acceptors (Lipinski definition) is 3. The van der Waals surface area contributed by atoms with Crippen molar-refractivity contribution < 1.29 is 9.47 Å². The first-order valence-corrected chi connectivity index (χ1v) is 9.46. The summed E-state index contributed by atoms with van der Waals surface area (Å²) in [6, 6.07) is 26.0. The van der Waals surface area contributed by atoms with Crippen LogP contribution in [0.3, 0.4) is 0 Å². The smallest absolute Gasteiger partial charge is 0.174 e.